The van der Waals surface area contributed by atoms with Crippen LogP contribution in [0, 0.1) is 0 Å². The number of thiophene rings is 1. The number of hydrogen-bond donors (Lipinski definition) is 2. The normalized spacial score (nSPS) is 15.7. The van der Waals surface area contributed by atoms with Gasteiger partial charge in [-0.2, -0.15) is 0 Å². The van der Waals surface area contributed by atoms with Gasteiger partial charge in [0, 0.05) is 12.6 Å². The molecule has 1 aliphatic rings. The van der Waals surface area contributed by atoms with Crippen LogP contribution in [0.4, 0.5) is 0 Å². The Hall–Kier alpha value is -1.86. The molecule has 0 unspecified atom stereocenters. The van der Waals surface area contributed by atoms with E-state index in [0.29, 0.717) is 16.8 Å². The number of carbonyl (C=O) groups is 1. The summed E-state index contributed by atoms with van der Waals surface area (Å²) in [5, 5.41) is 15.7. The van der Waals surface area contributed by atoms with Crippen molar-refractivity contribution in [3.05, 3.63) is 27.4 Å². The van der Waals surface area contributed by atoms with E-state index < -0.39 is 11.5 Å². The highest BCUT2D eigenvalue weighted by Crippen LogP contribution is 2.31. The highest BCUT2D eigenvalue weighted by atomic mass is 32.1. The third-order valence-electron chi connectivity index (χ3n) is 4.92. The first kappa shape index (κ1) is 18.9. The lowest BCUT2D eigenvalue weighted by atomic mass is 10.1. The molecule has 1 fully saturated rings. The highest BCUT2D eigenvalue weighted by molar-refractivity contribution is 7.16. The summed E-state index contributed by atoms with van der Waals surface area (Å²) < 4.78 is 1.59. The van der Waals surface area contributed by atoms with Crippen molar-refractivity contribution in [2.24, 2.45) is 0 Å². The maximum atomic E-state index is 12.8. The van der Waals surface area contributed by atoms with Crippen molar-refractivity contribution in [1.82, 2.24) is 14.8 Å². The first-order valence-corrected chi connectivity index (χ1v) is 10.2. The number of amides is 1. The zero-order valence-corrected chi connectivity index (χ0v) is 16.3. The lowest BCUT2D eigenvalue weighted by molar-refractivity contribution is 0.0946. The predicted octanol–water partition coefficient (Wildman–Crippen LogP) is 2.96. The van der Waals surface area contributed by atoms with Gasteiger partial charge in [0.25, 0.3) is 11.5 Å². The summed E-state index contributed by atoms with van der Waals surface area (Å²) in [6.45, 7) is 7.50. The SMILES string of the molecule is CC(C)n1c(=O)c(C(=O)NCCCN2CCCCC2)c(O)c2ccsc21. The molecule has 1 saturated heterocycles. The Balaban J connectivity index is 1.72. The van der Waals surface area contributed by atoms with Crippen LogP contribution in [0.5, 0.6) is 5.75 Å². The molecule has 0 aliphatic carbocycles. The zero-order chi connectivity index (χ0) is 18.7. The Kier molecular flexibility index (Phi) is 5.98. The number of aromatic hydroxyl groups is 1. The molecule has 3 rings (SSSR count). The van der Waals surface area contributed by atoms with Crippen molar-refractivity contribution in [3.8, 4) is 5.75 Å². The Morgan fingerprint density at radius 1 is 1.31 bits per heavy atom. The molecule has 3 heterocycles. The Morgan fingerprint density at radius 2 is 2.04 bits per heavy atom. The molecule has 2 aromatic heterocycles. The smallest absolute Gasteiger partial charge is 0.268 e. The fraction of sp³-hybridized carbons (Fsp3) is 0.579. The Morgan fingerprint density at radius 3 is 2.73 bits per heavy atom. The van der Waals surface area contributed by atoms with E-state index in [9.17, 15) is 14.7 Å². The lowest BCUT2D eigenvalue weighted by Gasteiger charge is -2.26. The molecule has 0 radical (unpaired) electrons. The summed E-state index contributed by atoms with van der Waals surface area (Å²) in [5.41, 5.74) is -0.580. The summed E-state index contributed by atoms with van der Waals surface area (Å²) in [7, 11) is 0. The number of rotatable bonds is 6. The first-order chi connectivity index (χ1) is 12.5. The molecule has 26 heavy (non-hydrogen) atoms. The minimum Gasteiger partial charge on any atom is -0.506 e. The van der Waals surface area contributed by atoms with Gasteiger partial charge < -0.3 is 15.3 Å². The van der Waals surface area contributed by atoms with E-state index in [1.807, 2.05) is 19.2 Å². The van der Waals surface area contributed by atoms with Crippen molar-refractivity contribution >= 4 is 27.5 Å². The number of fused-ring (bicyclic) bond motifs is 1. The number of carbonyl (C=O) groups excluding carboxylic acids is 1. The molecule has 0 bridgehead atoms. The lowest BCUT2D eigenvalue weighted by Crippen LogP contribution is -2.36. The van der Waals surface area contributed by atoms with Crippen LogP contribution in [0.15, 0.2) is 16.2 Å². The van der Waals surface area contributed by atoms with Gasteiger partial charge in [-0.05, 0) is 64.2 Å². The van der Waals surface area contributed by atoms with E-state index >= 15 is 0 Å². The van der Waals surface area contributed by atoms with Gasteiger partial charge in [0.1, 0.15) is 16.1 Å². The number of aromatic nitrogens is 1. The molecule has 0 atom stereocenters. The molecular formula is C19H27N3O3S. The minimum atomic E-state index is -0.492. The maximum Gasteiger partial charge on any atom is 0.268 e. The van der Waals surface area contributed by atoms with Crippen molar-refractivity contribution in [1.29, 1.82) is 0 Å². The Labute approximate surface area is 157 Å². The third-order valence-corrected chi connectivity index (χ3v) is 5.83. The molecule has 0 aromatic carbocycles. The summed E-state index contributed by atoms with van der Waals surface area (Å²) >= 11 is 1.39. The molecule has 1 aliphatic heterocycles. The quantitative estimate of drug-likeness (QED) is 0.759. The molecule has 6 nitrogen and oxygen atoms in total. The summed E-state index contributed by atoms with van der Waals surface area (Å²) in [5.74, 6) is -0.703. The van der Waals surface area contributed by atoms with Gasteiger partial charge in [0.15, 0.2) is 0 Å². The number of hydrogen-bond acceptors (Lipinski definition) is 5. The molecular weight excluding hydrogens is 350 g/mol. The zero-order valence-electron chi connectivity index (χ0n) is 15.5. The molecule has 2 N–H and O–H groups in total. The Bertz CT molecular complexity index is 834. The van der Waals surface area contributed by atoms with E-state index in [0.717, 1.165) is 26.1 Å². The summed E-state index contributed by atoms with van der Waals surface area (Å²) in [6.07, 6.45) is 4.64. The summed E-state index contributed by atoms with van der Waals surface area (Å²) in [6, 6.07) is 1.66. The molecule has 142 valence electrons. The molecule has 0 saturated carbocycles. The minimum absolute atomic E-state index is 0.0881. The van der Waals surface area contributed by atoms with Crippen LogP contribution in [-0.4, -0.2) is 46.7 Å². The maximum absolute atomic E-state index is 12.8. The monoisotopic (exact) mass is 377 g/mol. The van der Waals surface area contributed by atoms with E-state index in [4.69, 9.17) is 0 Å². The molecule has 1 amide bonds. The largest absolute Gasteiger partial charge is 0.506 e. The van der Waals surface area contributed by atoms with E-state index in [1.54, 1.807) is 10.6 Å². The van der Waals surface area contributed by atoms with Crippen molar-refractivity contribution in [2.45, 2.75) is 45.6 Å². The fourth-order valence-corrected chi connectivity index (χ4v) is 4.60. The van der Waals surface area contributed by atoms with Crippen LogP contribution in [0.1, 0.15) is 55.9 Å². The van der Waals surface area contributed by atoms with Crippen LogP contribution < -0.4 is 10.9 Å². The fourth-order valence-electron chi connectivity index (χ4n) is 3.57. The van der Waals surface area contributed by atoms with Crippen LogP contribution in [-0.2, 0) is 0 Å². The van der Waals surface area contributed by atoms with Gasteiger partial charge in [-0.15, -0.1) is 11.3 Å². The van der Waals surface area contributed by atoms with Gasteiger partial charge in [0.05, 0.1) is 5.39 Å². The van der Waals surface area contributed by atoms with Gasteiger partial charge in [-0.1, -0.05) is 6.42 Å². The van der Waals surface area contributed by atoms with Crippen molar-refractivity contribution in [2.75, 3.05) is 26.2 Å². The van der Waals surface area contributed by atoms with E-state index in [-0.39, 0.29) is 17.4 Å². The van der Waals surface area contributed by atoms with E-state index in [2.05, 4.69) is 10.2 Å². The average molecular weight is 378 g/mol. The van der Waals surface area contributed by atoms with Crippen LogP contribution in [0.2, 0.25) is 0 Å². The number of piperidine rings is 1. The van der Waals surface area contributed by atoms with Crippen LogP contribution in [0.25, 0.3) is 10.2 Å². The van der Waals surface area contributed by atoms with Crippen LogP contribution >= 0.6 is 11.3 Å². The second-order valence-corrected chi connectivity index (χ2v) is 8.04. The van der Waals surface area contributed by atoms with Crippen molar-refractivity contribution in [3.63, 3.8) is 0 Å². The van der Waals surface area contributed by atoms with E-state index in [1.165, 1.54) is 30.6 Å². The first-order valence-electron chi connectivity index (χ1n) is 9.36. The topological polar surface area (TPSA) is 74.6 Å². The molecule has 0 spiro atoms. The third kappa shape index (κ3) is 3.78. The number of nitrogens with one attached hydrogen (secondary N) is 1. The number of likely N-dealkylation sites (tertiary alicyclic amines) is 1. The second kappa shape index (κ2) is 8.22. The number of nitrogens with zero attached hydrogens (tertiary/aromatic N) is 2. The van der Waals surface area contributed by atoms with Gasteiger partial charge in [0.2, 0.25) is 0 Å². The molecule has 2 aromatic rings. The van der Waals surface area contributed by atoms with Gasteiger partial charge in [-0.25, -0.2) is 0 Å². The standard InChI is InChI=1S/C19H27N3O3S/c1-13(2)22-18(25)15(16(23)14-7-12-26-19(14)22)17(24)20-8-6-11-21-9-4-3-5-10-21/h7,12-13,23H,3-6,8-11H2,1-2H3,(H,20,24). The predicted molar refractivity (Wildman–Crippen MR) is 105 cm³/mol. The molecule has 7 heteroatoms. The van der Waals surface area contributed by atoms with Crippen LogP contribution in [0.3, 0.4) is 0 Å². The van der Waals surface area contributed by atoms with Gasteiger partial charge in [-0.3, -0.25) is 14.2 Å². The summed E-state index contributed by atoms with van der Waals surface area (Å²) in [4.78, 5) is 28.5. The van der Waals surface area contributed by atoms with Crippen molar-refractivity contribution < 1.29 is 9.90 Å². The average Bonchev–Trinajstić information content (AvgIpc) is 3.09. The number of pyridine rings is 1. The highest BCUT2D eigenvalue weighted by Gasteiger charge is 2.23. The second-order valence-electron chi connectivity index (χ2n) is 7.14. The van der Waals surface area contributed by atoms with Gasteiger partial charge >= 0.3 is 0 Å².